The second-order valence-corrected chi connectivity index (χ2v) is 6.11. The normalized spacial score (nSPS) is 32.2. The number of hydrogen-bond donors (Lipinski definition) is 2. The van der Waals surface area contributed by atoms with Crippen LogP contribution in [0.5, 0.6) is 0 Å². The summed E-state index contributed by atoms with van der Waals surface area (Å²) in [5.41, 5.74) is 2.53. The van der Waals surface area contributed by atoms with Gasteiger partial charge in [-0.05, 0) is 49.8 Å². The summed E-state index contributed by atoms with van der Waals surface area (Å²) in [5.74, 6) is 0.391. The minimum absolute atomic E-state index is 0.283. The Bertz CT molecular complexity index is 409. The molecule has 1 aliphatic carbocycles. The van der Waals surface area contributed by atoms with Crippen molar-refractivity contribution in [1.29, 1.82) is 0 Å². The van der Waals surface area contributed by atoms with Crippen molar-refractivity contribution in [2.45, 2.75) is 57.1 Å². The molecule has 2 heteroatoms. The Hall–Kier alpha value is -0.860. The fourth-order valence-corrected chi connectivity index (χ4v) is 3.81. The number of aryl methyl sites for hydroxylation is 1. The lowest BCUT2D eigenvalue weighted by atomic mass is 9.85. The van der Waals surface area contributed by atoms with Gasteiger partial charge in [-0.3, -0.25) is 0 Å². The van der Waals surface area contributed by atoms with E-state index in [4.69, 9.17) is 0 Å². The zero-order valence-corrected chi connectivity index (χ0v) is 11.6. The summed E-state index contributed by atoms with van der Waals surface area (Å²) in [6, 6.07) is 8.96. The van der Waals surface area contributed by atoms with Crippen molar-refractivity contribution < 1.29 is 5.11 Å². The van der Waals surface area contributed by atoms with Gasteiger partial charge < -0.3 is 10.4 Å². The van der Waals surface area contributed by atoms with Crippen LogP contribution in [-0.2, 0) is 6.42 Å². The van der Waals surface area contributed by atoms with Crippen LogP contribution in [0.25, 0.3) is 0 Å². The molecular formula is C17H25NO. The molecule has 0 bridgehead atoms. The van der Waals surface area contributed by atoms with Crippen LogP contribution in [0.2, 0.25) is 0 Å². The fourth-order valence-electron chi connectivity index (χ4n) is 3.81. The van der Waals surface area contributed by atoms with Gasteiger partial charge in [-0.1, -0.05) is 37.1 Å². The molecule has 0 saturated carbocycles. The molecule has 2 nitrogen and oxygen atoms in total. The van der Waals surface area contributed by atoms with Crippen LogP contribution >= 0.6 is 0 Å². The molecule has 2 aliphatic rings. The van der Waals surface area contributed by atoms with Crippen molar-refractivity contribution in [2.24, 2.45) is 5.92 Å². The van der Waals surface area contributed by atoms with E-state index >= 15 is 0 Å². The Morgan fingerprint density at radius 1 is 1.00 bits per heavy atom. The first-order chi connectivity index (χ1) is 9.36. The summed E-state index contributed by atoms with van der Waals surface area (Å²) < 4.78 is 0. The summed E-state index contributed by atoms with van der Waals surface area (Å²) in [7, 11) is 0. The van der Waals surface area contributed by atoms with Gasteiger partial charge in [0.05, 0.1) is 6.10 Å². The SMILES string of the molecule is OC1c2ccccc2CCCC1C1CCCCCN1. The molecule has 0 spiro atoms. The molecule has 1 heterocycles. The van der Waals surface area contributed by atoms with E-state index in [0.717, 1.165) is 19.4 Å². The number of nitrogens with one attached hydrogen (secondary N) is 1. The Morgan fingerprint density at radius 3 is 2.84 bits per heavy atom. The van der Waals surface area contributed by atoms with Crippen molar-refractivity contribution in [2.75, 3.05) is 6.54 Å². The Labute approximate surface area is 116 Å². The highest BCUT2D eigenvalue weighted by molar-refractivity contribution is 5.31. The maximum atomic E-state index is 10.8. The fraction of sp³-hybridized carbons (Fsp3) is 0.647. The van der Waals surface area contributed by atoms with E-state index in [1.165, 1.54) is 43.2 Å². The molecule has 1 aliphatic heterocycles. The number of aliphatic hydroxyl groups excluding tert-OH is 1. The average molecular weight is 259 g/mol. The van der Waals surface area contributed by atoms with Crippen LogP contribution in [0, 0.1) is 5.92 Å². The van der Waals surface area contributed by atoms with Gasteiger partial charge in [0, 0.05) is 12.0 Å². The van der Waals surface area contributed by atoms with E-state index in [1.54, 1.807) is 0 Å². The second-order valence-electron chi connectivity index (χ2n) is 6.11. The first-order valence-corrected chi connectivity index (χ1v) is 7.85. The molecule has 0 radical (unpaired) electrons. The summed E-state index contributed by atoms with van der Waals surface area (Å²) in [4.78, 5) is 0. The number of rotatable bonds is 1. The second kappa shape index (κ2) is 6.06. The largest absolute Gasteiger partial charge is 0.388 e. The van der Waals surface area contributed by atoms with Crippen molar-refractivity contribution in [3.63, 3.8) is 0 Å². The molecule has 3 atom stereocenters. The van der Waals surface area contributed by atoms with Crippen molar-refractivity contribution in [1.82, 2.24) is 5.32 Å². The van der Waals surface area contributed by atoms with Crippen LogP contribution < -0.4 is 5.32 Å². The third-order valence-corrected chi connectivity index (χ3v) is 4.88. The van der Waals surface area contributed by atoms with Gasteiger partial charge in [-0.15, -0.1) is 0 Å². The van der Waals surface area contributed by atoms with E-state index in [0.29, 0.717) is 12.0 Å². The quantitative estimate of drug-likeness (QED) is 0.759. The molecule has 0 aromatic heterocycles. The zero-order chi connectivity index (χ0) is 13.1. The summed E-state index contributed by atoms with van der Waals surface area (Å²) in [5, 5.41) is 14.5. The van der Waals surface area contributed by atoms with Gasteiger partial charge in [0.25, 0.3) is 0 Å². The number of aliphatic hydroxyl groups is 1. The van der Waals surface area contributed by atoms with Gasteiger partial charge in [0.1, 0.15) is 0 Å². The molecule has 104 valence electrons. The Kier molecular flexibility index (Phi) is 4.19. The van der Waals surface area contributed by atoms with E-state index in [1.807, 2.05) is 0 Å². The van der Waals surface area contributed by atoms with Crippen LogP contribution in [0.15, 0.2) is 24.3 Å². The summed E-state index contributed by atoms with van der Waals surface area (Å²) >= 11 is 0. The summed E-state index contributed by atoms with van der Waals surface area (Å²) in [6.45, 7) is 1.12. The third-order valence-electron chi connectivity index (χ3n) is 4.88. The molecule has 1 aromatic rings. The van der Waals surface area contributed by atoms with Gasteiger partial charge >= 0.3 is 0 Å². The molecule has 0 amide bonds. The lowest BCUT2D eigenvalue weighted by Gasteiger charge is -2.30. The van der Waals surface area contributed by atoms with Crippen LogP contribution in [-0.4, -0.2) is 17.7 Å². The van der Waals surface area contributed by atoms with E-state index in [-0.39, 0.29) is 6.10 Å². The molecule has 1 fully saturated rings. The first kappa shape index (κ1) is 13.1. The van der Waals surface area contributed by atoms with E-state index in [2.05, 4.69) is 29.6 Å². The maximum Gasteiger partial charge on any atom is 0.0835 e. The van der Waals surface area contributed by atoms with Gasteiger partial charge in [0.2, 0.25) is 0 Å². The maximum absolute atomic E-state index is 10.8. The predicted octanol–water partition coefficient (Wildman–Crippen LogP) is 3.20. The van der Waals surface area contributed by atoms with Crippen LogP contribution in [0.1, 0.15) is 55.8 Å². The lowest BCUT2D eigenvalue weighted by molar-refractivity contribution is 0.0789. The predicted molar refractivity (Wildman–Crippen MR) is 78.1 cm³/mol. The lowest BCUT2D eigenvalue weighted by Crippen LogP contribution is -2.38. The molecular weight excluding hydrogens is 234 g/mol. The molecule has 19 heavy (non-hydrogen) atoms. The number of fused-ring (bicyclic) bond motifs is 1. The van der Waals surface area contributed by atoms with Crippen molar-refractivity contribution in [3.8, 4) is 0 Å². The molecule has 3 rings (SSSR count). The van der Waals surface area contributed by atoms with Gasteiger partial charge in [-0.2, -0.15) is 0 Å². The molecule has 1 aromatic carbocycles. The zero-order valence-electron chi connectivity index (χ0n) is 11.6. The molecule has 3 unspecified atom stereocenters. The smallest absolute Gasteiger partial charge is 0.0835 e. The Balaban J connectivity index is 1.82. The Morgan fingerprint density at radius 2 is 1.89 bits per heavy atom. The third kappa shape index (κ3) is 2.85. The monoisotopic (exact) mass is 259 g/mol. The standard InChI is InChI=1S/C17H25NO/c19-17-14-9-4-3-7-13(14)8-6-10-15(17)16-11-2-1-5-12-18-16/h3-4,7,9,15-19H,1-2,5-6,8,10-12H2. The van der Waals surface area contributed by atoms with E-state index < -0.39 is 0 Å². The van der Waals surface area contributed by atoms with E-state index in [9.17, 15) is 5.11 Å². The van der Waals surface area contributed by atoms with Crippen molar-refractivity contribution in [3.05, 3.63) is 35.4 Å². The average Bonchev–Trinajstić information content (AvgIpc) is 2.79. The van der Waals surface area contributed by atoms with Gasteiger partial charge in [0.15, 0.2) is 0 Å². The van der Waals surface area contributed by atoms with Crippen LogP contribution in [0.3, 0.4) is 0 Å². The highest BCUT2D eigenvalue weighted by atomic mass is 16.3. The minimum Gasteiger partial charge on any atom is -0.388 e. The number of benzene rings is 1. The van der Waals surface area contributed by atoms with Crippen LogP contribution in [0.4, 0.5) is 0 Å². The minimum atomic E-state index is -0.283. The highest BCUT2D eigenvalue weighted by Gasteiger charge is 2.32. The topological polar surface area (TPSA) is 32.3 Å². The van der Waals surface area contributed by atoms with Gasteiger partial charge in [-0.25, -0.2) is 0 Å². The highest BCUT2D eigenvalue weighted by Crippen LogP contribution is 2.36. The summed E-state index contributed by atoms with van der Waals surface area (Å²) in [6.07, 6.45) is 8.35. The first-order valence-electron chi connectivity index (χ1n) is 7.85. The number of hydrogen-bond acceptors (Lipinski definition) is 2. The molecule has 1 saturated heterocycles. The molecule has 2 N–H and O–H groups in total. The van der Waals surface area contributed by atoms with Crippen molar-refractivity contribution >= 4 is 0 Å².